The average Bonchev–Trinajstić information content (AvgIpc) is 2.92. The number of hydrogen-bond donors (Lipinski definition) is 1. The number of thiazole rings is 1. The van der Waals surface area contributed by atoms with Crippen LogP contribution in [0.15, 0.2) is 5.38 Å². The first-order valence-corrected chi connectivity index (χ1v) is 8.61. The predicted octanol–water partition coefficient (Wildman–Crippen LogP) is 3.16. The molecular weight excluding hydrogens is 304 g/mol. The minimum absolute atomic E-state index is 0.175. The highest BCUT2D eigenvalue weighted by Crippen LogP contribution is 2.41. The van der Waals surface area contributed by atoms with Crippen molar-refractivity contribution >= 4 is 33.7 Å². The van der Waals surface area contributed by atoms with Gasteiger partial charge in [0.15, 0.2) is 0 Å². The van der Waals surface area contributed by atoms with Crippen LogP contribution in [0, 0.1) is 6.92 Å². The molecule has 1 unspecified atom stereocenters. The summed E-state index contributed by atoms with van der Waals surface area (Å²) >= 11 is 3.08. The molecule has 0 aromatic carbocycles. The topological polar surface area (TPSA) is 64.3 Å². The molecule has 2 aromatic rings. The van der Waals surface area contributed by atoms with Gasteiger partial charge in [0, 0.05) is 18.5 Å². The molecule has 0 amide bonds. The molecule has 114 valence electrons. The SMILES string of the molecule is Cc1nc(-c2c(N)nsc2N2CC(C)OC(C)(C)C2)cs1. The van der Waals surface area contributed by atoms with Crippen molar-refractivity contribution < 1.29 is 4.74 Å². The van der Waals surface area contributed by atoms with Crippen LogP contribution < -0.4 is 10.6 Å². The second kappa shape index (κ2) is 5.23. The maximum absolute atomic E-state index is 6.10. The van der Waals surface area contributed by atoms with Gasteiger partial charge in [-0.1, -0.05) is 0 Å². The minimum atomic E-state index is -0.175. The second-order valence-electron chi connectivity index (χ2n) is 6.07. The number of nitrogens with two attached hydrogens (primary N) is 1. The molecule has 5 nitrogen and oxygen atoms in total. The van der Waals surface area contributed by atoms with Gasteiger partial charge < -0.3 is 15.4 Å². The molecule has 21 heavy (non-hydrogen) atoms. The Morgan fingerprint density at radius 2 is 2.24 bits per heavy atom. The molecule has 3 heterocycles. The van der Waals surface area contributed by atoms with Crippen LogP contribution in [0.25, 0.3) is 11.3 Å². The number of rotatable bonds is 2. The Labute approximate surface area is 132 Å². The average molecular weight is 324 g/mol. The van der Waals surface area contributed by atoms with Crippen molar-refractivity contribution in [2.45, 2.75) is 39.4 Å². The fraction of sp³-hybridized carbons (Fsp3) is 0.571. The van der Waals surface area contributed by atoms with Crippen LogP contribution in [0.3, 0.4) is 0 Å². The third-order valence-electron chi connectivity index (χ3n) is 3.43. The summed E-state index contributed by atoms with van der Waals surface area (Å²) in [6.45, 7) is 10.0. The van der Waals surface area contributed by atoms with E-state index in [1.54, 1.807) is 11.3 Å². The monoisotopic (exact) mass is 324 g/mol. The van der Waals surface area contributed by atoms with Gasteiger partial charge in [0.1, 0.15) is 10.8 Å². The first-order valence-electron chi connectivity index (χ1n) is 6.96. The maximum Gasteiger partial charge on any atom is 0.148 e. The zero-order chi connectivity index (χ0) is 15.2. The third kappa shape index (κ3) is 2.90. The molecule has 7 heteroatoms. The van der Waals surface area contributed by atoms with Crippen molar-refractivity contribution in [1.82, 2.24) is 9.36 Å². The molecule has 1 fully saturated rings. The van der Waals surface area contributed by atoms with Crippen molar-refractivity contribution in [1.29, 1.82) is 0 Å². The molecular formula is C14H20N4OS2. The molecule has 1 atom stereocenters. The molecule has 1 aliphatic rings. The van der Waals surface area contributed by atoms with Crippen molar-refractivity contribution in [3.63, 3.8) is 0 Å². The van der Waals surface area contributed by atoms with E-state index in [2.05, 4.69) is 35.0 Å². The van der Waals surface area contributed by atoms with E-state index in [0.717, 1.165) is 34.4 Å². The van der Waals surface area contributed by atoms with Crippen LogP contribution in [-0.4, -0.2) is 34.2 Å². The minimum Gasteiger partial charge on any atom is -0.382 e. The van der Waals surface area contributed by atoms with Gasteiger partial charge in [-0.15, -0.1) is 11.3 Å². The number of aromatic nitrogens is 2. The molecule has 2 aromatic heterocycles. The van der Waals surface area contributed by atoms with E-state index in [1.807, 2.05) is 12.3 Å². The lowest BCUT2D eigenvalue weighted by atomic mass is 10.1. The first-order chi connectivity index (χ1) is 9.85. The molecule has 0 bridgehead atoms. The van der Waals surface area contributed by atoms with Crippen LogP contribution in [0.2, 0.25) is 0 Å². The number of anilines is 2. The van der Waals surface area contributed by atoms with Gasteiger partial charge in [-0.2, -0.15) is 4.37 Å². The van der Waals surface area contributed by atoms with E-state index in [-0.39, 0.29) is 11.7 Å². The predicted molar refractivity (Wildman–Crippen MR) is 89.2 cm³/mol. The number of hydrogen-bond acceptors (Lipinski definition) is 7. The lowest BCUT2D eigenvalue weighted by Gasteiger charge is -2.42. The summed E-state index contributed by atoms with van der Waals surface area (Å²) in [5, 5.41) is 4.19. The summed E-state index contributed by atoms with van der Waals surface area (Å²) in [6, 6.07) is 0. The van der Waals surface area contributed by atoms with E-state index >= 15 is 0 Å². The molecule has 0 spiro atoms. The van der Waals surface area contributed by atoms with Crippen LogP contribution in [-0.2, 0) is 4.74 Å². The third-order valence-corrected chi connectivity index (χ3v) is 5.13. The Morgan fingerprint density at radius 3 is 2.86 bits per heavy atom. The maximum atomic E-state index is 6.10. The van der Waals surface area contributed by atoms with Crippen molar-refractivity contribution in [3.05, 3.63) is 10.4 Å². The second-order valence-corrected chi connectivity index (χ2v) is 7.88. The lowest BCUT2D eigenvalue weighted by Crippen LogP contribution is -2.51. The summed E-state index contributed by atoms with van der Waals surface area (Å²) in [7, 11) is 0. The van der Waals surface area contributed by atoms with Crippen molar-refractivity contribution in [2.75, 3.05) is 23.7 Å². The van der Waals surface area contributed by atoms with Gasteiger partial charge in [-0.3, -0.25) is 0 Å². The quantitative estimate of drug-likeness (QED) is 0.919. The summed E-state index contributed by atoms with van der Waals surface area (Å²) in [6.07, 6.45) is 0.182. The Morgan fingerprint density at radius 1 is 1.48 bits per heavy atom. The normalized spacial score (nSPS) is 21.7. The van der Waals surface area contributed by atoms with Crippen LogP contribution in [0.4, 0.5) is 10.8 Å². The largest absolute Gasteiger partial charge is 0.382 e. The van der Waals surface area contributed by atoms with Gasteiger partial charge in [0.05, 0.1) is 28.0 Å². The Kier molecular flexibility index (Phi) is 3.67. The highest BCUT2D eigenvalue weighted by atomic mass is 32.1. The first kappa shape index (κ1) is 14.7. The van der Waals surface area contributed by atoms with Gasteiger partial charge in [0.25, 0.3) is 0 Å². The van der Waals surface area contributed by atoms with Crippen LogP contribution in [0.5, 0.6) is 0 Å². The Bertz CT molecular complexity index is 649. The van der Waals surface area contributed by atoms with Crippen LogP contribution >= 0.6 is 22.9 Å². The van der Waals surface area contributed by atoms with Crippen molar-refractivity contribution in [2.24, 2.45) is 0 Å². The molecule has 2 N–H and O–H groups in total. The smallest absolute Gasteiger partial charge is 0.148 e. The molecule has 3 rings (SSSR count). The van der Waals surface area contributed by atoms with E-state index in [0.29, 0.717) is 5.82 Å². The highest BCUT2D eigenvalue weighted by Gasteiger charge is 2.34. The van der Waals surface area contributed by atoms with E-state index in [9.17, 15) is 0 Å². The number of nitrogens with zero attached hydrogens (tertiary/aromatic N) is 3. The Hall–Kier alpha value is -1.18. The highest BCUT2D eigenvalue weighted by molar-refractivity contribution is 7.11. The van der Waals surface area contributed by atoms with Gasteiger partial charge in [0.2, 0.25) is 0 Å². The summed E-state index contributed by atoms with van der Waals surface area (Å²) < 4.78 is 10.3. The summed E-state index contributed by atoms with van der Waals surface area (Å²) in [4.78, 5) is 6.90. The van der Waals surface area contributed by atoms with E-state index in [4.69, 9.17) is 10.5 Å². The number of morpholine rings is 1. The number of ether oxygens (including phenoxy) is 1. The lowest BCUT2D eigenvalue weighted by molar-refractivity contribution is -0.0747. The number of nitrogen functional groups attached to an aromatic ring is 1. The molecule has 0 aliphatic carbocycles. The molecule has 0 radical (unpaired) electrons. The zero-order valence-electron chi connectivity index (χ0n) is 12.7. The standard InChI is InChI=1S/C14H20N4OS2/c1-8-5-18(7-14(3,4)19-8)13-11(12(15)17-21-13)10-6-20-9(2)16-10/h6,8H,5,7H2,1-4H3,(H2,15,17). The van der Waals surface area contributed by atoms with E-state index in [1.165, 1.54) is 11.5 Å². The summed E-state index contributed by atoms with van der Waals surface area (Å²) in [5.41, 5.74) is 7.82. The fourth-order valence-corrected chi connectivity index (χ4v) is 4.27. The fourth-order valence-electron chi connectivity index (χ4n) is 2.84. The van der Waals surface area contributed by atoms with E-state index < -0.39 is 0 Å². The molecule has 1 aliphatic heterocycles. The molecule has 1 saturated heterocycles. The zero-order valence-corrected chi connectivity index (χ0v) is 14.3. The Balaban J connectivity index is 2.00. The molecule has 0 saturated carbocycles. The van der Waals surface area contributed by atoms with Crippen LogP contribution in [0.1, 0.15) is 25.8 Å². The number of aryl methyl sites for hydroxylation is 1. The van der Waals surface area contributed by atoms with Gasteiger partial charge in [-0.05, 0) is 39.2 Å². The van der Waals surface area contributed by atoms with Gasteiger partial charge in [-0.25, -0.2) is 4.98 Å². The summed E-state index contributed by atoms with van der Waals surface area (Å²) in [5.74, 6) is 0.567. The van der Waals surface area contributed by atoms with Gasteiger partial charge >= 0.3 is 0 Å². The van der Waals surface area contributed by atoms with Crippen molar-refractivity contribution in [3.8, 4) is 11.3 Å².